The van der Waals surface area contributed by atoms with Crippen molar-refractivity contribution in [3.05, 3.63) is 35.6 Å². The number of halogens is 1. The molecule has 1 aliphatic carbocycles. The smallest absolute Gasteiger partial charge is 0.123 e. The molecule has 1 fully saturated rings. The van der Waals surface area contributed by atoms with Crippen molar-refractivity contribution < 1.29 is 4.39 Å². The van der Waals surface area contributed by atoms with Crippen LogP contribution in [0.2, 0.25) is 0 Å². The Morgan fingerprint density at radius 2 is 1.75 bits per heavy atom. The molecule has 1 N–H and O–H groups in total. The topological polar surface area (TPSA) is 12.0 Å². The SMILES string of the molecule is CCCNCCC1(CCc2ccc(F)cc2)CCCC1. The molecule has 1 aromatic carbocycles. The first-order valence-corrected chi connectivity index (χ1v) is 8.19. The molecule has 2 heteroatoms. The van der Waals surface area contributed by atoms with Gasteiger partial charge in [0.15, 0.2) is 0 Å². The minimum absolute atomic E-state index is 0.131. The van der Waals surface area contributed by atoms with Crippen LogP contribution in [-0.4, -0.2) is 13.1 Å². The molecule has 0 amide bonds. The average molecular weight is 277 g/mol. The fourth-order valence-electron chi connectivity index (χ4n) is 3.47. The zero-order valence-electron chi connectivity index (χ0n) is 12.8. The number of aryl methyl sites for hydroxylation is 1. The zero-order chi connectivity index (χ0) is 14.3. The summed E-state index contributed by atoms with van der Waals surface area (Å²) in [6, 6.07) is 7.04. The molecule has 1 saturated carbocycles. The van der Waals surface area contributed by atoms with E-state index in [1.807, 2.05) is 12.1 Å². The van der Waals surface area contributed by atoms with Gasteiger partial charge in [0.05, 0.1) is 0 Å². The molecule has 1 nitrogen and oxygen atoms in total. The summed E-state index contributed by atoms with van der Waals surface area (Å²) in [4.78, 5) is 0. The van der Waals surface area contributed by atoms with E-state index < -0.39 is 0 Å². The van der Waals surface area contributed by atoms with Gasteiger partial charge in [0, 0.05) is 0 Å². The van der Waals surface area contributed by atoms with Gasteiger partial charge in [-0.1, -0.05) is 31.9 Å². The lowest BCUT2D eigenvalue weighted by molar-refractivity contribution is 0.245. The van der Waals surface area contributed by atoms with Crippen molar-refractivity contribution in [3.63, 3.8) is 0 Å². The molecule has 0 heterocycles. The molecule has 0 bridgehead atoms. The maximum atomic E-state index is 12.9. The van der Waals surface area contributed by atoms with E-state index in [0.717, 1.165) is 19.5 Å². The summed E-state index contributed by atoms with van der Waals surface area (Å²) in [5, 5.41) is 3.54. The molecule has 2 rings (SSSR count). The number of hydrogen-bond acceptors (Lipinski definition) is 1. The average Bonchev–Trinajstić information content (AvgIpc) is 2.93. The van der Waals surface area contributed by atoms with E-state index in [9.17, 15) is 4.39 Å². The Bertz CT molecular complexity index is 379. The van der Waals surface area contributed by atoms with Crippen molar-refractivity contribution in [2.75, 3.05) is 13.1 Å². The second kappa shape index (κ2) is 7.78. The fraction of sp³-hybridized carbons (Fsp3) is 0.667. The molecule has 0 aromatic heterocycles. The molecular weight excluding hydrogens is 249 g/mol. The highest BCUT2D eigenvalue weighted by molar-refractivity contribution is 5.16. The zero-order valence-corrected chi connectivity index (χ0v) is 12.8. The summed E-state index contributed by atoms with van der Waals surface area (Å²) in [6.07, 6.45) is 10.4. The van der Waals surface area contributed by atoms with E-state index in [4.69, 9.17) is 0 Å². The van der Waals surface area contributed by atoms with Gasteiger partial charge in [0.25, 0.3) is 0 Å². The van der Waals surface area contributed by atoms with Crippen LogP contribution in [0.3, 0.4) is 0 Å². The molecule has 0 aliphatic heterocycles. The minimum atomic E-state index is -0.131. The third-order valence-corrected chi connectivity index (χ3v) is 4.78. The second-order valence-electron chi connectivity index (χ2n) is 6.33. The Balaban J connectivity index is 1.83. The van der Waals surface area contributed by atoms with Crippen molar-refractivity contribution in [3.8, 4) is 0 Å². The van der Waals surface area contributed by atoms with Crippen LogP contribution < -0.4 is 5.32 Å². The Labute approximate surface area is 123 Å². The predicted molar refractivity (Wildman–Crippen MR) is 83.4 cm³/mol. The predicted octanol–water partition coefficient (Wildman–Crippen LogP) is 4.71. The number of benzene rings is 1. The first kappa shape index (κ1) is 15.5. The van der Waals surface area contributed by atoms with Crippen LogP contribution in [0.5, 0.6) is 0 Å². The maximum Gasteiger partial charge on any atom is 0.123 e. The standard InChI is InChI=1S/C18H28FN/c1-2-14-20-15-13-18(10-3-4-11-18)12-9-16-5-7-17(19)8-6-16/h5-8,20H,2-4,9-15H2,1H3. The monoisotopic (exact) mass is 277 g/mol. The third kappa shape index (κ3) is 4.59. The van der Waals surface area contributed by atoms with Crippen molar-refractivity contribution >= 4 is 0 Å². The van der Waals surface area contributed by atoms with Crippen LogP contribution in [0.15, 0.2) is 24.3 Å². The van der Waals surface area contributed by atoms with Gasteiger partial charge < -0.3 is 5.32 Å². The molecule has 112 valence electrons. The van der Waals surface area contributed by atoms with Gasteiger partial charge in [-0.05, 0) is 74.7 Å². The first-order valence-electron chi connectivity index (χ1n) is 8.19. The van der Waals surface area contributed by atoms with Gasteiger partial charge in [-0.25, -0.2) is 4.39 Å². The lowest BCUT2D eigenvalue weighted by Crippen LogP contribution is -2.25. The second-order valence-corrected chi connectivity index (χ2v) is 6.33. The third-order valence-electron chi connectivity index (χ3n) is 4.78. The highest BCUT2D eigenvalue weighted by Gasteiger charge is 2.32. The van der Waals surface area contributed by atoms with E-state index in [1.54, 1.807) is 12.1 Å². The highest BCUT2D eigenvalue weighted by atomic mass is 19.1. The van der Waals surface area contributed by atoms with E-state index in [0.29, 0.717) is 5.41 Å². The normalized spacial score (nSPS) is 17.5. The van der Waals surface area contributed by atoms with Gasteiger partial charge >= 0.3 is 0 Å². The summed E-state index contributed by atoms with van der Waals surface area (Å²) < 4.78 is 12.9. The molecule has 20 heavy (non-hydrogen) atoms. The summed E-state index contributed by atoms with van der Waals surface area (Å²) in [6.45, 7) is 4.50. The van der Waals surface area contributed by atoms with Crippen LogP contribution in [0.1, 0.15) is 57.4 Å². The summed E-state index contributed by atoms with van der Waals surface area (Å²) in [5.41, 5.74) is 1.81. The van der Waals surface area contributed by atoms with Crippen LogP contribution in [0.4, 0.5) is 4.39 Å². The molecule has 1 aromatic rings. The molecule has 0 radical (unpaired) electrons. The lowest BCUT2D eigenvalue weighted by atomic mass is 9.77. The summed E-state index contributed by atoms with van der Waals surface area (Å²) >= 11 is 0. The molecular formula is C18H28FN. The van der Waals surface area contributed by atoms with Crippen molar-refractivity contribution in [2.45, 2.75) is 58.3 Å². The van der Waals surface area contributed by atoms with Crippen LogP contribution in [-0.2, 0) is 6.42 Å². The van der Waals surface area contributed by atoms with E-state index in [1.165, 1.54) is 50.5 Å². The molecule has 1 aliphatic rings. The van der Waals surface area contributed by atoms with Gasteiger partial charge in [0.2, 0.25) is 0 Å². The van der Waals surface area contributed by atoms with Gasteiger partial charge in [0.1, 0.15) is 5.82 Å². The van der Waals surface area contributed by atoms with Crippen LogP contribution in [0.25, 0.3) is 0 Å². The van der Waals surface area contributed by atoms with E-state index in [-0.39, 0.29) is 5.82 Å². The van der Waals surface area contributed by atoms with Crippen molar-refractivity contribution in [1.29, 1.82) is 0 Å². The van der Waals surface area contributed by atoms with Crippen LogP contribution in [0, 0.1) is 11.2 Å². The number of nitrogens with one attached hydrogen (secondary N) is 1. The Hall–Kier alpha value is -0.890. The Kier molecular flexibility index (Phi) is 6.03. The van der Waals surface area contributed by atoms with Crippen LogP contribution >= 0.6 is 0 Å². The quantitative estimate of drug-likeness (QED) is 0.679. The minimum Gasteiger partial charge on any atom is -0.317 e. The summed E-state index contributed by atoms with van der Waals surface area (Å²) in [7, 11) is 0. The largest absolute Gasteiger partial charge is 0.317 e. The molecule has 0 spiro atoms. The van der Waals surface area contributed by atoms with Gasteiger partial charge in [-0.3, -0.25) is 0 Å². The van der Waals surface area contributed by atoms with E-state index >= 15 is 0 Å². The van der Waals surface area contributed by atoms with E-state index in [2.05, 4.69) is 12.2 Å². The van der Waals surface area contributed by atoms with Crippen molar-refractivity contribution in [1.82, 2.24) is 5.32 Å². The molecule has 0 saturated heterocycles. The highest BCUT2D eigenvalue weighted by Crippen LogP contribution is 2.44. The molecule has 0 atom stereocenters. The summed E-state index contributed by atoms with van der Waals surface area (Å²) in [5.74, 6) is -0.131. The Morgan fingerprint density at radius 1 is 1.05 bits per heavy atom. The fourth-order valence-corrected chi connectivity index (χ4v) is 3.47. The lowest BCUT2D eigenvalue weighted by Gasteiger charge is -2.29. The number of rotatable bonds is 8. The Morgan fingerprint density at radius 3 is 2.40 bits per heavy atom. The van der Waals surface area contributed by atoms with Crippen molar-refractivity contribution in [2.24, 2.45) is 5.41 Å². The number of hydrogen-bond donors (Lipinski definition) is 1. The van der Waals surface area contributed by atoms with Gasteiger partial charge in [-0.2, -0.15) is 0 Å². The first-order chi connectivity index (χ1) is 9.74. The maximum absolute atomic E-state index is 12.9. The van der Waals surface area contributed by atoms with Gasteiger partial charge in [-0.15, -0.1) is 0 Å². The molecule has 0 unspecified atom stereocenters.